The van der Waals surface area contributed by atoms with Gasteiger partial charge in [-0.2, -0.15) is 0 Å². The second-order valence-corrected chi connectivity index (χ2v) is 6.47. The van der Waals surface area contributed by atoms with Crippen LogP contribution in [0.4, 0.5) is 10.5 Å². The molecule has 0 radical (unpaired) electrons. The molecule has 0 aliphatic heterocycles. The maximum atomic E-state index is 11.9. The van der Waals surface area contributed by atoms with Crippen LogP contribution in [-0.2, 0) is 0 Å². The molecule has 0 bridgehead atoms. The molecule has 0 aliphatic carbocycles. The third-order valence-electron chi connectivity index (χ3n) is 3.38. The Hall–Kier alpha value is -2.14. The standard InChI is InChI=1S/C19H24N2O2S/c1-3-23-16-10-11-18(15(2)14-16)21-19(22)20-12-7-13-24-17-8-5-4-6-9-17/h4-6,8-11,14H,3,7,12-13H2,1-2H3,(H2,20,21,22). The Morgan fingerprint density at radius 2 is 1.96 bits per heavy atom. The molecule has 0 saturated carbocycles. The fourth-order valence-corrected chi connectivity index (χ4v) is 3.05. The molecule has 0 spiro atoms. The van der Waals surface area contributed by atoms with E-state index in [0.717, 1.165) is 29.2 Å². The van der Waals surface area contributed by atoms with Crippen molar-refractivity contribution in [3.8, 4) is 5.75 Å². The van der Waals surface area contributed by atoms with E-state index < -0.39 is 0 Å². The highest BCUT2D eigenvalue weighted by atomic mass is 32.2. The number of ether oxygens (including phenoxy) is 1. The predicted molar refractivity (Wildman–Crippen MR) is 101 cm³/mol. The molecule has 2 rings (SSSR count). The summed E-state index contributed by atoms with van der Waals surface area (Å²) in [5, 5.41) is 5.77. The summed E-state index contributed by atoms with van der Waals surface area (Å²) in [6.07, 6.45) is 0.926. The summed E-state index contributed by atoms with van der Waals surface area (Å²) in [6, 6.07) is 15.8. The molecule has 0 fully saturated rings. The zero-order valence-corrected chi connectivity index (χ0v) is 15.0. The molecule has 128 valence electrons. The van der Waals surface area contributed by atoms with Crippen molar-refractivity contribution < 1.29 is 9.53 Å². The van der Waals surface area contributed by atoms with Crippen LogP contribution in [0.25, 0.3) is 0 Å². The summed E-state index contributed by atoms with van der Waals surface area (Å²) in [5.41, 5.74) is 1.78. The second-order valence-electron chi connectivity index (χ2n) is 5.31. The highest BCUT2D eigenvalue weighted by Crippen LogP contribution is 2.21. The van der Waals surface area contributed by atoms with Gasteiger partial charge in [0.25, 0.3) is 0 Å². The summed E-state index contributed by atoms with van der Waals surface area (Å²) in [5.74, 6) is 1.80. The van der Waals surface area contributed by atoms with Crippen LogP contribution in [0.15, 0.2) is 53.4 Å². The summed E-state index contributed by atoms with van der Waals surface area (Å²) in [7, 11) is 0. The Bertz CT molecular complexity index is 647. The van der Waals surface area contributed by atoms with Crippen molar-refractivity contribution in [2.75, 3.05) is 24.2 Å². The Morgan fingerprint density at radius 3 is 2.67 bits per heavy atom. The van der Waals surface area contributed by atoms with E-state index in [1.54, 1.807) is 11.8 Å². The topological polar surface area (TPSA) is 50.4 Å². The lowest BCUT2D eigenvalue weighted by Gasteiger charge is -2.11. The minimum absolute atomic E-state index is 0.174. The van der Waals surface area contributed by atoms with Gasteiger partial charge in [0, 0.05) is 17.1 Å². The average molecular weight is 344 g/mol. The number of benzene rings is 2. The first-order chi connectivity index (χ1) is 11.7. The van der Waals surface area contributed by atoms with E-state index >= 15 is 0 Å². The van der Waals surface area contributed by atoms with Gasteiger partial charge in [0.05, 0.1) is 6.61 Å². The van der Waals surface area contributed by atoms with E-state index in [2.05, 4.69) is 22.8 Å². The quantitative estimate of drug-likeness (QED) is 0.539. The number of urea groups is 1. The number of carbonyl (C=O) groups is 1. The zero-order chi connectivity index (χ0) is 17.2. The number of carbonyl (C=O) groups excluding carboxylic acids is 1. The maximum Gasteiger partial charge on any atom is 0.319 e. The van der Waals surface area contributed by atoms with Crippen LogP contribution in [-0.4, -0.2) is 24.9 Å². The number of hydrogen-bond donors (Lipinski definition) is 2. The van der Waals surface area contributed by atoms with Gasteiger partial charge in [0.1, 0.15) is 5.75 Å². The number of amides is 2. The van der Waals surface area contributed by atoms with Gasteiger partial charge in [-0.25, -0.2) is 4.79 Å². The third-order valence-corrected chi connectivity index (χ3v) is 4.47. The van der Waals surface area contributed by atoms with Gasteiger partial charge in [0.2, 0.25) is 0 Å². The smallest absolute Gasteiger partial charge is 0.319 e. The number of rotatable bonds is 8. The molecule has 2 aromatic rings. The number of thioether (sulfide) groups is 1. The summed E-state index contributed by atoms with van der Waals surface area (Å²) >= 11 is 1.80. The predicted octanol–water partition coefficient (Wildman–Crippen LogP) is 4.70. The van der Waals surface area contributed by atoms with Gasteiger partial charge >= 0.3 is 6.03 Å². The second kappa shape index (κ2) is 9.88. The lowest BCUT2D eigenvalue weighted by Crippen LogP contribution is -2.30. The van der Waals surface area contributed by atoms with Crippen LogP contribution in [0.1, 0.15) is 18.9 Å². The Labute approximate surface area is 148 Å². The largest absolute Gasteiger partial charge is 0.494 e. The molecule has 0 unspecified atom stereocenters. The van der Waals surface area contributed by atoms with E-state index in [1.807, 2.05) is 50.2 Å². The van der Waals surface area contributed by atoms with Crippen molar-refractivity contribution >= 4 is 23.5 Å². The molecular formula is C19H24N2O2S. The molecule has 0 aromatic heterocycles. The van der Waals surface area contributed by atoms with Crippen LogP contribution in [0.5, 0.6) is 5.75 Å². The highest BCUT2D eigenvalue weighted by molar-refractivity contribution is 7.99. The molecule has 0 atom stereocenters. The van der Waals surface area contributed by atoms with Crippen molar-refractivity contribution in [3.05, 3.63) is 54.1 Å². The van der Waals surface area contributed by atoms with Crippen molar-refractivity contribution in [1.29, 1.82) is 0 Å². The SMILES string of the molecule is CCOc1ccc(NC(=O)NCCCSc2ccccc2)c(C)c1. The average Bonchev–Trinajstić information content (AvgIpc) is 2.58. The van der Waals surface area contributed by atoms with E-state index in [-0.39, 0.29) is 6.03 Å². The van der Waals surface area contributed by atoms with E-state index in [4.69, 9.17) is 4.74 Å². The van der Waals surface area contributed by atoms with Gasteiger partial charge in [-0.3, -0.25) is 0 Å². The fraction of sp³-hybridized carbons (Fsp3) is 0.316. The molecule has 24 heavy (non-hydrogen) atoms. The number of anilines is 1. The van der Waals surface area contributed by atoms with Crippen LogP contribution in [0.3, 0.4) is 0 Å². The summed E-state index contributed by atoms with van der Waals surface area (Å²) in [4.78, 5) is 13.2. The molecule has 2 N–H and O–H groups in total. The molecule has 0 aliphatic rings. The molecular weight excluding hydrogens is 320 g/mol. The maximum absolute atomic E-state index is 11.9. The van der Waals surface area contributed by atoms with Crippen LogP contribution in [0, 0.1) is 6.92 Å². The first kappa shape index (κ1) is 18.2. The minimum atomic E-state index is -0.174. The van der Waals surface area contributed by atoms with E-state index in [9.17, 15) is 4.79 Å². The van der Waals surface area contributed by atoms with Gasteiger partial charge in [0.15, 0.2) is 0 Å². The normalized spacial score (nSPS) is 10.2. The monoisotopic (exact) mass is 344 g/mol. The summed E-state index contributed by atoms with van der Waals surface area (Å²) in [6.45, 7) is 5.19. The molecule has 5 heteroatoms. The van der Waals surface area contributed by atoms with E-state index in [0.29, 0.717) is 13.2 Å². The van der Waals surface area contributed by atoms with Crippen molar-refractivity contribution in [2.24, 2.45) is 0 Å². The summed E-state index contributed by atoms with van der Waals surface area (Å²) < 4.78 is 5.44. The molecule has 0 heterocycles. The van der Waals surface area contributed by atoms with Crippen molar-refractivity contribution in [2.45, 2.75) is 25.2 Å². The Morgan fingerprint density at radius 1 is 1.17 bits per heavy atom. The Kier molecular flexibility index (Phi) is 7.49. The van der Waals surface area contributed by atoms with Crippen LogP contribution in [0.2, 0.25) is 0 Å². The third kappa shape index (κ3) is 6.16. The first-order valence-corrected chi connectivity index (χ1v) is 9.13. The highest BCUT2D eigenvalue weighted by Gasteiger charge is 2.05. The van der Waals surface area contributed by atoms with Gasteiger partial charge < -0.3 is 15.4 Å². The Balaban J connectivity index is 1.68. The molecule has 0 saturated heterocycles. The van der Waals surface area contributed by atoms with Gasteiger partial charge in [-0.1, -0.05) is 18.2 Å². The zero-order valence-electron chi connectivity index (χ0n) is 14.2. The minimum Gasteiger partial charge on any atom is -0.494 e. The molecule has 4 nitrogen and oxygen atoms in total. The first-order valence-electron chi connectivity index (χ1n) is 8.15. The van der Waals surface area contributed by atoms with Crippen LogP contribution >= 0.6 is 11.8 Å². The lowest BCUT2D eigenvalue weighted by molar-refractivity contribution is 0.252. The number of hydrogen-bond acceptors (Lipinski definition) is 3. The molecule has 2 amide bonds. The number of aryl methyl sites for hydroxylation is 1. The van der Waals surface area contributed by atoms with Crippen molar-refractivity contribution in [1.82, 2.24) is 5.32 Å². The fourth-order valence-electron chi connectivity index (χ4n) is 2.18. The number of nitrogens with one attached hydrogen (secondary N) is 2. The lowest BCUT2D eigenvalue weighted by atomic mass is 10.2. The van der Waals surface area contributed by atoms with Crippen LogP contribution < -0.4 is 15.4 Å². The molecule has 2 aromatic carbocycles. The van der Waals surface area contributed by atoms with E-state index in [1.165, 1.54) is 4.90 Å². The van der Waals surface area contributed by atoms with Gasteiger partial charge in [-0.05, 0) is 61.9 Å². The van der Waals surface area contributed by atoms with Crippen molar-refractivity contribution in [3.63, 3.8) is 0 Å². The van der Waals surface area contributed by atoms with Gasteiger partial charge in [-0.15, -0.1) is 11.8 Å².